The van der Waals surface area contributed by atoms with E-state index in [-0.39, 0.29) is 0 Å². The summed E-state index contributed by atoms with van der Waals surface area (Å²) in [5, 5.41) is 3.38. The van der Waals surface area contributed by atoms with Crippen molar-refractivity contribution in [3.05, 3.63) is 48.5 Å². The van der Waals surface area contributed by atoms with Gasteiger partial charge in [0.2, 0.25) is 0 Å². The Morgan fingerprint density at radius 3 is 2.40 bits per heavy atom. The van der Waals surface area contributed by atoms with Crippen LogP contribution in [0.25, 0.3) is 0 Å². The number of hydrogen-bond acceptors (Lipinski definition) is 4. The van der Waals surface area contributed by atoms with Crippen molar-refractivity contribution in [3.8, 4) is 11.5 Å². The predicted octanol–water partition coefficient (Wildman–Crippen LogP) is 3.91. The van der Waals surface area contributed by atoms with Gasteiger partial charge in [-0.1, -0.05) is 18.2 Å². The zero-order valence-electron chi connectivity index (χ0n) is 11.8. The molecule has 0 saturated carbocycles. The van der Waals surface area contributed by atoms with E-state index in [2.05, 4.69) is 29.6 Å². The summed E-state index contributed by atoms with van der Waals surface area (Å²) in [5.41, 5.74) is 1.04. The van der Waals surface area contributed by atoms with Crippen molar-refractivity contribution >= 4 is 17.4 Å². The van der Waals surface area contributed by atoms with Crippen molar-refractivity contribution in [2.24, 2.45) is 0 Å². The van der Waals surface area contributed by atoms with Gasteiger partial charge in [-0.2, -0.15) is 0 Å². The van der Waals surface area contributed by atoms with Crippen molar-refractivity contribution in [1.29, 1.82) is 0 Å². The highest BCUT2D eigenvalue weighted by molar-refractivity contribution is 7.99. The van der Waals surface area contributed by atoms with Crippen molar-refractivity contribution in [2.75, 3.05) is 31.8 Å². The van der Waals surface area contributed by atoms with Gasteiger partial charge in [0.25, 0.3) is 0 Å². The highest BCUT2D eigenvalue weighted by atomic mass is 32.2. The van der Waals surface area contributed by atoms with Crippen molar-refractivity contribution < 1.29 is 9.47 Å². The van der Waals surface area contributed by atoms with Crippen LogP contribution in [0.5, 0.6) is 11.5 Å². The molecule has 106 valence electrons. The molecule has 0 aliphatic carbocycles. The number of thioether (sulfide) groups is 1. The van der Waals surface area contributed by atoms with Gasteiger partial charge in [0.15, 0.2) is 11.5 Å². The maximum Gasteiger partial charge on any atom is 0.162 e. The Labute approximate surface area is 124 Å². The number of hydrogen-bond donors (Lipinski definition) is 1. The van der Waals surface area contributed by atoms with Crippen LogP contribution >= 0.6 is 11.8 Å². The number of methoxy groups -OCH3 is 2. The zero-order valence-corrected chi connectivity index (χ0v) is 12.6. The number of anilines is 1. The molecule has 3 nitrogen and oxygen atoms in total. The zero-order chi connectivity index (χ0) is 14.2. The third-order valence-corrected chi connectivity index (χ3v) is 3.84. The van der Waals surface area contributed by atoms with E-state index >= 15 is 0 Å². The Kier molecular flexibility index (Phi) is 5.62. The molecule has 0 aliphatic heterocycles. The second-order valence-corrected chi connectivity index (χ2v) is 5.33. The lowest BCUT2D eigenvalue weighted by molar-refractivity contribution is 0.355. The topological polar surface area (TPSA) is 30.5 Å². The van der Waals surface area contributed by atoms with Gasteiger partial charge < -0.3 is 14.8 Å². The Bertz CT molecular complexity index is 531. The average molecular weight is 289 g/mol. The molecule has 0 heterocycles. The minimum atomic E-state index is 0.744. The largest absolute Gasteiger partial charge is 0.493 e. The molecule has 0 aromatic heterocycles. The molecule has 0 radical (unpaired) electrons. The summed E-state index contributed by atoms with van der Waals surface area (Å²) in [4.78, 5) is 1.29. The van der Waals surface area contributed by atoms with E-state index in [0.29, 0.717) is 0 Å². The van der Waals surface area contributed by atoms with Crippen LogP contribution < -0.4 is 14.8 Å². The molecule has 2 aromatic carbocycles. The summed E-state index contributed by atoms with van der Waals surface area (Å²) in [6.07, 6.45) is 0. The molecule has 1 N–H and O–H groups in total. The first kappa shape index (κ1) is 14.6. The molecule has 0 fully saturated rings. The van der Waals surface area contributed by atoms with Gasteiger partial charge in [0.1, 0.15) is 0 Å². The van der Waals surface area contributed by atoms with Crippen molar-refractivity contribution in [3.63, 3.8) is 0 Å². The molecule has 0 bridgehead atoms. The summed E-state index contributed by atoms with van der Waals surface area (Å²) in [5.74, 6) is 2.50. The van der Waals surface area contributed by atoms with Crippen LogP contribution in [0.1, 0.15) is 0 Å². The Hall–Kier alpha value is -1.81. The lowest BCUT2D eigenvalue weighted by Crippen LogP contribution is -2.04. The lowest BCUT2D eigenvalue weighted by atomic mass is 10.2. The molecule has 0 unspecified atom stereocenters. The quantitative estimate of drug-likeness (QED) is 0.618. The molecule has 0 atom stereocenters. The van der Waals surface area contributed by atoms with E-state index in [9.17, 15) is 0 Å². The SMILES string of the molecule is COc1ccc(NCCSc2ccccc2)cc1OC. The van der Waals surface area contributed by atoms with Gasteiger partial charge >= 0.3 is 0 Å². The van der Waals surface area contributed by atoms with Crippen LogP contribution in [0.4, 0.5) is 5.69 Å². The highest BCUT2D eigenvalue weighted by Crippen LogP contribution is 2.29. The van der Waals surface area contributed by atoms with E-state index in [1.807, 2.05) is 36.0 Å². The van der Waals surface area contributed by atoms with E-state index in [1.165, 1.54) is 4.90 Å². The molecule has 2 rings (SSSR count). The van der Waals surface area contributed by atoms with Crippen LogP contribution in [0.3, 0.4) is 0 Å². The molecule has 0 amide bonds. The maximum atomic E-state index is 5.28. The highest BCUT2D eigenvalue weighted by Gasteiger charge is 2.03. The third-order valence-electron chi connectivity index (χ3n) is 2.83. The van der Waals surface area contributed by atoms with Crippen LogP contribution in [-0.2, 0) is 0 Å². The van der Waals surface area contributed by atoms with E-state index in [0.717, 1.165) is 29.5 Å². The molecule has 0 saturated heterocycles. The first-order chi connectivity index (χ1) is 9.83. The molecule has 2 aromatic rings. The van der Waals surface area contributed by atoms with Gasteiger partial charge in [-0.3, -0.25) is 0 Å². The Balaban J connectivity index is 1.82. The fourth-order valence-electron chi connectivity index (χ4n) is 1.83. The molecule has 0 spiro atoms. The summed E-state index contributed by atoms with van der Waals surface area (Å²) in [6.45, 7) is 0.898. The number of benzene rings is 2. The molecular formula is C16H19NO2S. The van der Waals surface area contributed by atoms with Gasteiger partial charge in [-0.15, -0.1) is 11.8 Å². The average Bonchev–Trinajstić information content (AvgIpc) is 2.52. The summed E-state index contributed by atoms with van der Waals surface area (Å²) in [7, 11) is 3.29. The molecular weight excluding hydrogens is 270 g/mol. The number of rotatable bonds is 7. The van der Waals surface area contributed by atoms with E-state index < -0.39 is 0 Å². The van der Waals surface area contributed by atoms with Gasteiger partial charge in [-0.05, 0) is 24.3 Å². The fraction of sp³-hybridized carbons (Fsp3) is 0.250. The van der Waals surface area contributed by atoms with Crippen LogP contribution in [0.15, 0.2) is 53.4 Å². The standard InChI is InChI=1S/C16H19NO2S/c1-18-15-9-8-13(12-16(15)19-2)17-10-11-20-14-6-4-3-5-7-14/h3-9,12,17H,10-11H2,1-2H3. The van der Waals surface area contributed by atoms with Crippen LogP contribution in [0, 0.1) is 0 Å². The van der Waals surface area contributed by atoms with Crippen LogP contribution in [0.2, 0.25) is 0 Å². The monoisotopic (exact) mass is 289 g/mol. The Morgan fingerprint density at radius 1 is 0.950 bits per heavy atom. The fourth-order valence-corrected chi connectivity index (χ4v) is 2.62. The minimum Gasteiger partial charge on any atom is -0.493 e. The van der Waals surface area contributed by atoms with E-state index in [1.54, 1.807) is 14.2 Å². The van der Waals surface area contributed by atoms with E-state index in [4.69, 9.17) is 9.47 Å². The van der Waals surface area contributed by atoms with Crippen molar-refractivity contribution in [2.45, 2.75) is 4.90 Å². The molecule has 4 heteroatoms. The second-order valence-electron chi connectivity index (χ2n) is 4.16. The summed E-state index contributed by atoms with van der Waals surface area (Å²) in [6, 6.07) is 16.3. The van der Waals surface area contributed by atoms with Crippen molar-refractivity contribution in [1.82, 2.24) is 0 Å². The predicted molar refractivity (Wildman–Crippen MR) is 85.2 cm³/mol. The Morgan fingerprint density at radius 2 is 1.70 bits per heavy atom. The third kappa shape index (κ3) is 4.10. The normalized spacial score (nSPS) is 10.1. The maximum absolute atomic E-state index is 5.28. The number of ether oxygens (including phenoxy) is 2. The van der Waals surface area contributed by atoms with Gasteiger partial charge in [0, 0.05) is 28.9 Å². The molecule has 0 aliphatic rings. The number of nitrogens with one attached hydrogen (secondary N) is 1. The molecule has 20 heavy (non-hydrogen) atoms. The minimum absolute atomic E-state index is 0.744. The van der Waals surface area contributed by atoms with Crippen LogP contribution in [-0.4, -0.2) is 26.5 Å². The lowest BCUT2D eigenvalue weighted by Gasteiger charge is -2.11. The smallest absolute Gasteiger partial charge is 0.162 e. The summed E-state index contributed by atoms with van der Waals surface area (Å²) < 4.78 is 10.5. The first-order valence-electron chi connectivity index (χ1n) is 6.47. The van der Waals surface area contributed by atoms with Gasteiger partial charge in [0.05, 0.1) is 14.2 Å². The summed E-state index contributed by atoms with van der Waals surface area (Å²) >= 11 is 1.84. The second kappa shape index (κ2) is 7.70. The first-order valence-corrected chi connectivity index (χ1v) is 7.46. The van der Waals surface area contributed by atoms with Gasteiger partial charge in [-0.25, -0.2) is 0 Å².